The number of aliphatic hydroxyl groups excluding tert-OH is 2. The van der Waals surface area contributed by atoms with E-state index in [0.717, 1.165) is 51.0 Å². The number of rotatable bonds is 9. The van der Waals surface area contributed by atoms with Crippen LogP contribution in [-0.2, 0) is 0 Å². The van der Waals surface area contributed by atoms with Gasteiger partial charge in [-0.2, -0.15) is 5.26 Å². The molecule has 2 saturated heterocycles. The average molecular weight is 557 g/mol. The highest BCUT2D eigenvalue weighted by Crippen LogP contribution is 2.31. The first kappa shape index (κ1) is 29.0. The smallest absolute Gasteiger partial charge is 0.273 e. The Labute approximate surface area is 234 Å². The second-order valence-corrected chi connectivity index (χ2v) is 10.4. The summed E-state index contributed by atoms with van der Waals surface area (Å²) in [4.78, 5) is 27.9. The first-order valence-corrected chi connectivity index (χ1v) is 13.9. The van der Waals surface area contributed by atoms with Crippen LogP contribution >= 0.6 is 11.6 Å². The van der Waals surface area contributed by atoms with Crippen molar-refractivity contribution in [3.63, 3.8) is 0 Å². The normalized spacial score (nSPS) is 20.0. The van der Waals surface area contributed by atoms with Crippen molar-refractivity contribution in [3.05, 3.63) is 46.2 Å². The minimum atomic E-state index is -0.521. The van der Waals surface area contributed by atoms with E-state index in [9.17, 15) is 9.90 Å². The first-order valence-electron chi connectivity index (χ1n) is 13.5. The van der Waals surface area contributed by atoms with Crippen molar-refractivity contribution in [2.24, 2.45) is 0 Å². The maximum atomic E-state index is 12.3. The van der Waals surface area contributed by atoms with E-state index in [0.29, 0.717) is 30.0 Å². The average Bonchev–Trinajstić information content (AvgIpc) is 2.97. The van der Waals surface area contributed by atoms with Gasteiger partial charge in [0, 0.05) is 51.4 Å². The van der Waals surface area contributed by atoms with Crippen LogP contribution in [-0.4, -0.2) is 100 Å². The molecule has 0 unspecified atom stereocenters. The lowest BCUT2D eigenvalue weighted by Crippen LogP contribution is -2.58. The number of carbonyl (C=O) groups is 1. The maximum absolute atomic E-state index is 12.3. The summed E-state index contributed by atoms with van der Waals surface area (Å²) in [5, 5.41) is 30.8. The fraction of sp³-hybridized carbons (Fsp3) is 0.556. The molecule has 5 N–H and O–H groups in total. The van der Waals surface area contributed by atoms with Crippen LogP contribution in [0.2, 0.25) is 5.15 Å². The third kappa shape index (κ3) is 6.59. The number of benzene rings is 1. The number of nitriles is 1. The molecule has 39 heavy (non-hydrogen) atoms. The number of aliphatic hydroxyl groups is 2. The number of aromatic nitrogens is 2. The Bertz CT molecular complexity index is 1170. The minimum absolute atomic E-state index is 0.00777. The summed E-state index contributed by atoms with van der Waals surface area (Å²) in [5.41, 5.74) is 7.66. The summed E-state index contributed by atoms with van der Waals surface area (Å²) in [7, 11) is 0. The summed E-state index contributed by atoms with van der Waals surface area (Å²) >= 11 is 6.46. The van der Waals surface area contributed by atoms with Crippen molar-refractivity contribution in [2.75, 3.05) is 63.1 Å². The highest BCUT2D eigenvalue weighted by molar-refractivity contribution is 6.32. The largest absolute Gasteiger partial charge is 0.395 e. The fourth-order valence-electron chi connectivity index (χ4n) is 5.69. The number of nitrogens with zero attached hydrogens (tertiary/aromatic N) is 6. The van der Waals surface area contributed by atoms with Gasteiger partial charge < -0.3 is 26.2 Å². The number of hydrogen-bond donors (Lipinski definition) is 4. The molecule has 0 saturated carbocycles. The molecule has 0 spiro atoms. The molecular weight excluding hydrogens is 520 g/mol. The Kier molecular flexibility index (Phi) is 9.94. The Morgan fingerprint density at radius 1 is 1.21 bits per heavy atom. The van der Waals surface area contributed by atoms with Crippen LogP contribution in [0.25, 0.3) is 0 Å². The number of amides is 1. The molecule has 12 heteroatoms. The van der Waals surface area contributed by atoms with E-state index in [2.05, 4.69) is 43.0 Å². The molecule has 210 valence electrons. The number of halogens is 1. The lowest BCUT2D eigenvalue weighted by Gasteiger charge is -2.48. The van der Waals surface area contributed by atoms with Crippen LogP contribution in [0.3, 0.4) is 0 Å². The van der Waals surface area contributed by atoms with Crippen molar-refractivity contribution in [3.8, 4) is 6.07 Å². The molecule has 2 aromatic rings. The van der Waals surface area contributed by atoms with Gasteiger partial charge in [0.1, 0.15) is 0 Å². The van der Waals surface area contributed by atoms with Crippen molar-refractivity contribution in [2.45, 2.75) is 44.3 Å². The number of piperazine rings is 1. The van der Waals surface area contributed by atoms with Gasteiger partial charge in [0.15, 0.2) is 22.5 Å². The van der Waals surface area contributed by atoms with Crippen molar-refractivity contribution < 1.29 is 15.0 Å². The molecule has 1 aromatic carbocycles. The topological polar surface area (TPSA) is 155 Å². The van der Waals surface area contributed by atoms with Crippen LogP contribution < -0.4 is 16.0 Å². The Balaban J connectivity index is 1.38. The second kappa shape index (κ2) is 13.4. The lowest BCUT2D eigenvalue weighted by molar-refractivity contribution is 0.0356. The number of carbonyl (C=O) groups excluding carboxylic acids is 1. The predicted octanol–water partition coefficient (Wildman–Crippen LogP) is 1.40. The van der Waals surface area contributed by atoms with Gasteiger partial charge in [0.05, 0.1) is 30.9 Å². The molecule has 1 amide bonds. The molecule has 2 atom stereocenters. The summed E-state index contributed by atoms with van der Waals surface area (Å²) in [6, 6.07) is 10.3. The zero-order valence-electron chi connectivity index (χ0n) is 22.3. The van der Waals surface area contributed by atoms with Crippen LogP contribution in [0.15, 0.2) is 24.3 Å². The van der Waals surface area contributed by atoms with E-state index in [1.165, 1.54) is 0 Å². The van der Waals surface area contributed by atoms with Crippen molar-refractivity contribution >= 4 is 29.1 Å². The lowest BCUT2D eigenvalue weighted by atomic mass is 9.95. The summed E-state index contributed by atoms with van der Waals surface area (Å²) in [5.74, 6) is -0.0323. The number of nitrogens with two attached hydrogens (primary N) is 1. The first-order chi connectivity index (χ1) is 18.9. The highest BCUT2D eigenvalue weighted by atomic mass is 35.5. The zero-order valence-corrected chi connectivity index (χ0v) is 23.0. The number of anilines is 2. The fourth-order valence-corrected chi connectivity index (χ4v) is 5.93. The second-order valence-electron chi connectivity index (χ2n) is 10.00. The van der Waals surface area contributed by atoms with E-state index >= 15 is 0 Å². The predicted molar refractivity (Wildman–Crippen MR) is 149 cm³/mol. The Morgan fingerprint density at radius 2 is 1.92 bits per heavy atom. The Morgan fingerprint density at radius 3 is 2.54 bits per heavy atom. The molecule has 2 aliphatic rings. The summed E-state index contributed by atoms with van der Waals surface area (Å²) in [6.45, 7) is 6.19. The third-order valence-electron chi connectivity index (χ3n) is 7.78. The summed E-state index contributed by atoms with van der Waals surface area (Å²) in [6.07, 6.45) is 2.98. The van der Waals surface area contributed by atoms with E-state index in [1.807, 2.05) is 12.1 Å². The van der Waals surface area contributed by atoms with Crippen molar-refractivity contribution in [1.82, 2.24) is 25.1 Å². The van der Waals surface area contributed by atoms with Gasteiger partial charge in [0.2, 0.25) is 0 Å². The summed E-state index contributed by atoms with van der Waals surface area (Å²) < 4.78 is 0. The van der Waals surface area contributed by atoms with Gasteiger partial charge >= 0.3 is 0 Å². The molecule has 2 fully saturated rings. The molecule has 0 radical (unpaired) electrons. The molecule has 2 aliphatic heterocycles. The molecule has 3 heterocycles. The Hall–Kier alpha value is -3.01. The van der Waals surface area contributed by atoms with Crippen molar-refractivity contribution in [1.29, 1.82) is 5.26 Å². The van der Waals surface area contributed by atoms with E-state index in [1.54, 1.807) is 12.1 Å². The monoisotopic (exact) mass is 556 g/mol. The van der Waals surface area contributed by atoms with Gasteiger partial charge in [-0.25, -0.2) is 9.97 Å². The van der Waals surface area contributed by atoms with E-state index < -0.39 is 5.91 Å². The zero-order chi connectivity index (χ0) is 27.9. The van der Waals surface area contributed by atoms with Crippen LogP contribution in [0, 0.1) is 11.3 Å². The number of nitrogen functional groups attached to an aromatic ring is 1. The third-order valence-corrected chi connectivity index (χ3v) is 8.03. The van der Waals surface area contributed by atoms with Gasteiger partial charge in [-0.15, -0.1) is 0 Å². The number of nitrogens with one attached hydrogen (secondary N) is 1. The SMILES string of the molecule is CC[C@H]1CN(c2nc(N)c(C(=O)NCCO)nc2Cl)CCN1C1CCN([C@H](CO)c2ccc(C#N)cc2)CC1. The van der Waals surface area contributed by atoms with E-state index in [4.69, 9.17) is 27.7 Å². The van der Waals surface area contributed by atoms with Crippen LogP contribution in [0.1, 0.15) is 53.8 Å². The van der Waals surface area contributed by atoms with Crippen LogP contribution in [0.4, 0.5) is 11.6 Å². The molecule has 1 aromatic heterocycles. The molecule has 11 nitrogen and oxygen atoms in total. The number of likely N-dealkylation sites (tertiary alicyclic amines) is 1. The molecule has 4 rings (SSSR count). The maximum Gasteiger partial charge on any atom is 0.273 e. The van der Waals surface area contributed by atoms with Gasteiger partial charge in [-0.05, 0) is 37.0 Å². The minimum Gasteiger partial charge on any atom is -0.395 e. The number of piperidine rings is 1. The quantitative estimate of drug-likeness (QED) is 0.356. The van der Waals surface area contributed by atoms with E-state index in [-0.39, 0.29) is 42.5 Å². The van der Waals surface area contributed by atoms with Gasteiger partial charge in [-0.3, -0.25) is 14.6 Å². The molecule has 0 aliphatic carbocycles. The van der Waals surface area contributed by atoms with Gasteiger partial charge in [-0.1, -0.05) is 30.7 Å². The molecular formula is C27H37ClN8O3. The number of hydrogen-bond acceptors (Lipinski definition) is 10. The highest BCUT2D eigenvalue weighted by Gasteiger charge is 2.35. The van der Waals surface area contributed by atoms with Gasteiger partial charge in [0.25, 0.3) is 5.91 Å². The van der Waals surface area contributed by atoms with Crippen LogP contribution in [0.5, 0.6) is 0 Å². The molecule has 0 bridgehead atoms. The standard InChI is InChI=1S/C27H37ClN8O3/c1-2-20-16-35(26-24(28)32-23(25(30)33-26)27(39)31-9-14-37)12-13-36(20)21-7-10-34(11-8-21)22(17-38)19-5-3-18(15-29)4-6-19/h3-6,20-22,37-38H,2,7-14,16-17H2,1H3,(H2,30,33)(H,31,39)/t20-,22+/m0/s1.